The monoisotopic (exact) mass is 472 g/mol. The van der Waals surface area contributed by atoms with Crippen LogP contribution in [0.5, 0.6) is 0 Å². The van der Waals surface area contributed by atoms with Crippen LogP contribution in [-0.4, -0.2) is 21.1 Å². The van der Waals surface area contributed by atoms with Gasteiger partial charge in [-0.15, -0.1) is 0 Å². The van der Waals surface area contributed by atoms with Gasteiger partial charge in [-0.3, -0.25) is 15.0 Å². The van der Waals surface area contributed by atoms with Crippen molar-refractivity contribution in [1.29, 1.82) is 0 Å². The molecule has 9 heteroatoms. The second kappa shape index (κ2) is 8.66. The molecule has 1 aromatic heterocycles. The Bertz CT molecular complexity index is 1240. The number of halogens is 2. The number of carbonyl (C=O) groups excluding carboxylic acids is 2. The van der Waals surface area contributed by atoms with Crippen molar-refractivity contribution in [3.05, 3.63) is 87.2 Å². The number of hydrogen-bond acceptors (Lipinski definition) is 5. The van der Waals surface area contributed by atoms with E-state index in [1.165, 1.54) is 18.2 Å². The third kappa shape index (κ3) is 4.56. The standard InChI is InChI=1S/C22H14ClFN2O3S2/c1-12-2-8-16(17(23)10-12)20(27)25-26-21(28)19(31-22(26)30)11-15-7-9-18(29-15)13-3-5-14(24)6-4-13/h2-11H,1H3,(H,25,27)/b19-11-. The van der Waals surface area contributed by atoms with Crippen molar-refractivity contribution in [1.82, 2.24) is 10.4 Å². The highest BCUT2D eigenvalue weighted by atomic mass is 35.5. The summed E-state index contributed by atoms with van der Waals surface area (Å²) in [5.41, 5.74) is 4.35. The third-order valence-corrected chi connectivity index (χ3v) is 6.02. The normalized spacial score (nSPS) is 15.1. The second-order valence-corrected chi connectivity index (χ2v) is 8.73. The summed E-state index contributed by atoms with van der Waals surface area (Å²) in [7, 11) is 0. The zero-order valence-electron chi connectivity index (χ0n) is 16.0. The number of thiocarbonyl (C=S) groups is 1. The summed E-state index contributed by atoms with van der Waals surface area (Å²) >= 11 is 12.4. The Morgan fingerprint density at radius 2 is 1.94 bits per heavy atom. The number of furan rings is 1. The molecule has 1 saturated heterocycles. The van der Waals surface area contributed by atoms with Gasteiger partial charge in [-0.05, 0) is 73.2 Å². The minimum absolute atomic E-state index is 0.179. The fourth-order valence-electron chi connectivity index (χ4n) is 2.86. The first kappa shape index (κ1) is 21.3. The number of nitrogens with one attached hydrogen (secondary N) is 1. The number of nitrogens with zero attached hydrogens (tertiary/aromatic N) is 1. The predicted molar refractivity (Wildman–Crippen MR) is 123 cm³/mol. The van der Waals surface area contributed by atoms with Gasteiger partial charge in [0.25, 0.3) is 11.8 Å². The summed E-state index contributed by atoms with van der Waals surface area (Å²) in [5.74, 6) is -0.407. The molecule has 156 valence electrons. The fourth-order valence-corrected chi connectivity index (χ4v) is 4.34. The smallest absolute Gasteiger partial charge is 0.285 e. The molecule has 0 bridgehead atoms. The molecule has 1 aliphatic heterocycles. The van der Waals surface area contributed by atoms with Crippen molar-refractivity contribution in [2.75, 3.05) is 0 Å². The molecule has 2 amide bonds. The zero-order chi connectivity index (χ0) is 22.1. The second-order valence-electron chi connectivity index (χ2n) is 6.65. The fraction of sp³-hybridized carbons (Fsp3) is 0.0455. The van der Waals surface area contributed by atoms with Crippen LogP contribution in [0.2, 0.25) is 5.02 Å². The Balaban J connectivity index is 1.51. The van der Waals surface area contributed by atoms with Crippen molar-refractivity contribution in [2.24, 2.45) is 0 Å². The van der Waals surface area contributed by atoms with E-state index in [4.69, 9.17) is 28.2 Å². The third-order valence-electron chi connectivity index (χ3n) is 4.41. The molecule has 4 rings (SSSR count). The topological polar surface area (TPSA) is 62.6 Å². The quantitative estimate of drug-likeness (QED) is 0.396. The number of rotatable bonds is 4. The van der Waals surface area contributed by atoms with Crippen LogP contribution in [0.15, 0.2) is 63.9 Å². The highest BCUT2D eigenvalue weighted by Gasteiger charge is 2.34. The molecule has 3 aromatic rings. The Morgan fingerprint density at radius 3 is 2.65 bits per heavy atom. The Morgan fingerprint density at radius 1 is 1.19 bits per heavy atom. The van der Waals surface area contributed by atoms with Crippen molar-refractivity contribution >= 4 is 57.8 Å². The molecule has 5 nitrogen and oxygen atoms in total. The molecule has 0 unspecified atom stereocenters. The largest absolute Gasteiger partial charge is 0.457 e. The van der Waals surface area contributed by atoms with Crippen LogP contribution in [0.1, 0.15) is 21.7 Å². The van der Waals surface area contributed by atoms with E-state index in [2.05, 4.69) is 5.43 Å². The van der Waals surface area contributed by atoms with Gasteiger partial charge in [-0.1, -0.05) is 29.4 Å². The van der Waals surface area contributed by atoms with Crippen LogP contribution in [0.25, 0.3) is 17.4 Å². The molecule has 0 saturated carbocycles. The first-order valence-corrected chi connectivity index (χ1v) is 10.6. The van der Waals surface area contributed by atoms with E-state index in [9.17, 15) is 14.0 Å². The predicted octanol–water partition coefficient (Wildman–Crippen LogP) is 5.59. The minimum Gasteiger partial charge on any atom is -0.457 e. The number of thioether (sulfide) groups is 1. The van der Waals surface area contributed by atoms with Gasteiger partial charge in [0, 0.05) is 11.6 Å². The maximum absolute atomic E-state index is 13.1. The first-order valence-electron chi connectivity index (χ1n) is 9.03. The molecule has 1 aliphatic rings. The molecule has 2 aromatic carbocycles. The molecule has 1 fully saturated rings. The lowest BCUT2D eigenvalue weighted by atomic mass is 10.1. The molecule has 0 atom stereocenters. The minimum atomic E-state index is -0.542. The van der Waals surface area contributed by atoms with E-state index in [-0.39, 0.29) is 20.7 Å². The molecule has 0 radical (unpaired) electrons. The van der Waals surface area contributed by atoms with Crippen LogP contribution < -0.4 is 5.43 Å². The van der Waals surface area contributed by atoms with Crippen LogP contribution in [0, 0.1) is 12.7 Å². The summed E-state index contributed by atoms with van der Waals surface area (Å²) in [6.07, 6.45) is 1.54. The molecular formula is C22H14ClFN2O3S2. The first-order chi connectivity index (χ1) is 14.8. The van der Waals surface area contributed by atoms with Gasteiger partial charge in [-0.2, -0.15) is 5.01 Å². The van der Waals surface area contributed by atoms with Gasteiger partial charge in [-0.25, -0.2) is 4.39 Å². The molecule has 0 aliphatic carbocycles. The summed E-state index contributed by atoms with van der Waals surface area (Å²) < 4.78 is 19.0. The molecular weight excluding hydrogens is 459 g/mol. The van der Waals surface area contributed by atoms with Crippen molar-refractivity contribution in [2.45, 2.75) is 6.92 Å². The van der Waals surface area contributed by atoms with Gasteiger partial charge in [0.15, 0.2) is 4.32 Å². The van der Waals surface area contributed by atoms with Crippen LogP contribution in [0.3, 0.4) is 0 Å². The Kier molecular flexibility index (Phi) is 5.95. The Labute approximate surface area is 191 Å². The number of hydrazine groups is 1. The van der Waals surface area contributed by atoms with Gasteiger partial charge in [0.1, 0.15) is 17.3 Å². The number of amides is 2. The average Bonchev–Trinajstić information content (AvgIpc) is 3.29. The lowest BCUT2D eigenvalue weighted by Gasteiger charge is -2.16. The van der Waals surface area contributed by atoms with E-state index in [0.717, 1.165) is 22.3 Å². The maximum atomic E-state index is 13.1. The van der Waals surface area contributed by atoms with Crippen LogP contribution in [-0.2, 0) is 4.79 Å². The molecule has 1 N–H and O–H groups in total. The van der Waals surface area contributed by atoms with E-state index >= 15 is 0 Å². The zero-order valence-corrected chi connectivity index (χ0v) is 18.4. The van der Waals surface area contributed by atoms with E-state index in [1.54, 1.807) is 42.5 Å². The lowest BCUT2D eigenvalue weighted by molar-refractivity contribution is -0.123. The number of hydrogen-bond donors (Lipinski definition) is 1. The van der Waals surface area contributed by atoms with Crippen molar-refractivity contribution in [3.8, 4) is 11.3 Å². The maximum Gasteiger partial charge on any atom is 0.285 e. The van der Waals surface area contributed by atoms with Crippen molar-refractivity contribution < 1.29 is 18.4 Å². The van der Waals surface area contributed by atoms with E-state index < -0.39 is 11.8 Å². The van der Waals surface area contributed by atoms with Gasteiger partial charge < -0.3 is 4.42 Å². The highest BCUT2D eigenvalue weighted by molar-refractivity contribution is 8.26. The molecule has 31 heavy (non-hydrogen) atoms. The average molecular weight is 473 g/mol. The van der Waals surface area contributed by atoms with Gasteiger partial charge in [0.2, 0.25) is 0 Å². The van der Waals surface area contributed by atoms with E-state index in [1.807, 2.05) is 6.92 Å². The van der Waals surface area contributed by atoms with Gasteiger partial charge in [0.05, 0.1) is 15.5 Å². The van der Waals surface area contributed by atoms with Crippen molar-refractivity contribution in [3.63, 3.8) is 0 Å². The summed E-state index contributed by atoms with van der Waals surface area (Å²) in [4.78, 5) is 25.6. The summed E-state index contributed by atoms with van der Waals surface area (Å²) in [6.45, 7) is 1.86. The highest BCUT2D eigenvalue weighted by Crippen LogP contribution is 2.33. The van der Waals surface area contributed by atoms with Crippen LogP contribution >= 0.6 is 35.6 Å². The summed E-state index contributed by atoms with van der Waals surface area (Å²) in [6, 6.07) is 14.3. The Hall–Kier alpha value is -2.94. The number of aryl methyl sites for hydroxylation is 1. The lowest BCUT2D eigenvalue weighted by Crippen LogP contribution is -2.44. The molecule has 0 spiro atoms. The summed E-state index contributed by atoms with van der Waals surface area (Å²) in [5, 5.41) is 1.29. The van der Waals surface area contributed by atoms with Gasteiger partial charge >= 0.3 is 0 Å². The van der Waals surface area contributed by atoms with Crippen LogP contribution in [0.4, 0.5) is 4.39 Å². The van der Waals surface area contributed by atoms with E-state index in [0.29, 0.717) is 22.0 Å². The number of carbonyl (C=O) groups is 2. The number of benzene rings is 2. The molecule has 2 heterocycles. The SMILES string of the molecule is Cc1ccc(C(=O)NN2C(=O)/C(=C/c3ccc(-c4ccc(F)cc4)o3)SC2=S)c(Cl)c1.